The largest absolute Gasteiger partial charge is 0.310 e. The Balaban J connectivity index is 1.12. The van der Waals surface area contributed by atoms with E-state index in [0.717, 1.165) is 171 Å². The van der Waals surface area contributed by atoms with Crippen LogP contribution in [-0.2, 0) is 21.7 Å². The highest BCUT2D eigenvalue weighted by Crippen LogP contribution is 2.58. The fourth-order valence-electron chi connectivity index (χ4n) is 17.7. The minimum atomic E-state index is -0.509. The first-order chi connectivity index (χ1) is 55.2. The van der Waals surface area contributed by atoms with Crippen LogP contribution in [0, 0.1) is 0 Å². The summed E-state index contributed by atoms with van der Waals surface area (Å²) in [6.45, 7) is 27.3. The van der Waals surface area contributed by atoms with Crippen LogP contribution in [0.25, 0.3) is 126 Å². The van der Waals surface area contributed by atoms with Gasteiger partial charge in [0.2, 0.25) is 0 Å². The van der Waals surface area contributed by atoms with Crippen molar-refractivity contribution in [3.8, 4) is 66.8 Å². The van der Waals surface area contributed by atoms with Crippen LogP contribution in [0.15, 0.2) is 327 Å². The van der Waals surface area contributed by atoms with E-state index in [4.69, 9.17) is 1.37 Å². The summed E-state index contributed by atoms with van der Waals surface area (Å²) in [6.07, 6.45) is 0. The van der Waals surface area contributed by atoms with Gasteiger partial charge in [0.25, 0.3) is 6.71 Å². The molecule has 2 aliphatic rings. The molecule has 0 bridgehead atoms. The second kappa shape index (κ2) is 25.7. The molecular formula is C106H90BN3. The van der Waals surface area contributed by atoms with Gasteiger partial charge in [0.15, 0.2) is 0 Å². The van der Waals surface area contributed by atoms with E-state index in [-0.39, 0.29) is 51.4 Å². The maximum absolute atomic E-state index is 9.89. The van der Waals surface area contributed by atoms with Crippen molar-refractivity contribution in [1.29, 1.82) is 0 Å². The molecule has 0 saturated carbocycles. The second-order valence-corrected chi connectivity index (χ2v) is 34.5. The Morgan fingerprint density at radius 3 is 1.10 bits per heavy atom. The van der Waals surface area contributed by atoms with Crippen LogP contribution >= 0.6 is 0 Å². The lowest BCUT2D eigenvalue weighted by Gasteiger charge is -2.46. The third kappa shape index (κ3) is 11.2. The lowest BCUT2D eigenvalue weighted by atomic mass is 9.33. The van der Waals surface area contributed by atoms with Gasteiger partial charge in [0.1, 0.15) is 0 Å². The quantitative estimate of drug-likeness (QED) is 0.140. The molecule has 0 saturated heterocycles. The van der Waals surface area contributed by atoms with Crippen LogP contribution in [-0.4, -0.2) is 11.1 Å². The number of fused-ring (bicyclic) bond motifs is 15. The molecule has 0 aliphatic carbocycles. The molecule has 0 spiro atoms. The zero-order valence-electron chi connectivity index (χ0n) is 69.7. The molecular weight excluding hydrogens is 1330 g/mol. The van der Waals surface area contributed by atoms with Gasteiger partial charge < -0.3 is 14.2 Å². The van der Waals surface area contributed by atoms with Crippen molar-refractivity contribution in [3.63, 3.8) is 0 Å². The normalized spacial score (nSPS) is 13.7. The summed E-state index contributed by atoms with van der Waals surface area (Å²) in [6, 6.07) is 109. The van der Waals surface area contributed by atoms with Gasteiger partial charge >= 0.3 is 0 Å². The zero-order chi connectivity index (χ0) is 79.6. The number of nitrogens with zero attached hydrogens (tertiary/aromatic N) is 3. The molecule has 0 atom stereocenters. The van der Waals surface area contributed by atoms with E-state index in [1.165, 1.54) is 16.7 Å². The van der Waals surface area contributed by atoms with E-state index in [1.54, 1.807) is 0 Å². The third-order valence-electron chi connectivity index (χ3n) is 23.4. The highest BCUT2D eigenvalue weighted by molar-refractivity contribution is 7.00. The van der Waals surface area contributed by atoms with E-state index >= 15 is 0 Å². The Bertz CT molecular complexity index is 6760. The summed E-state index contributed by atoms with van der Waals surface area (Å²) in [5.41, 5.74) is 27.1. The van der Waals surface area contributed by atoms with Crippen LogP contribution in [0.1, 0.15) is 112 Å². The van der Waals surface area contributed by atoms with Crippen LogP contribution in [0.5, 0.6) is 0 Å². The zero-order valence-corrected chi connectivity index (χ0v) is 64.7. The van der Waals surface area contributed by atoms with Crippen LogP contribution in [0.2, 0.25) is 0 Å². The SMILES string of the molecule is [2H]c1c([2H])c([2H])c(-c2ccc3c(c2)N(c2c(-c4ccccc4)cc(C(C)(C)C)cc2-c2ccccc2)c2c4c(cc5c2c2cccc6c7ccccc7c7ccccc7c7ccccc7n5c62)N(c2c(-c5ccccc5)cc(C(C)(C)C)cc2-c2ccccc2)c2cc(-c5cc(C(C)(C)C)cc(C(C)(C)C)c5)ccc2B34)c([2H])c1[2H]. The lowest BCUT2D eigenvalue weighted by Crippen LogP contribution is -2.61. The number of anilines is 6. The lowest BCUT2D eigenvalue weighted by molar-refractivity contribution is 0.569. The molecule has 2 aliphatic heterocycles. The molecule has 0 N–H and O–H groups in total. The summed E-state index contributed by atoms with van der Waals surface area (Å²) < 4.78 is 50.1. The number of para-hydroxylation sites is 2. The van der Waals surface area contributed by atoms with Gasteiger partial charge in [-0.05, 0) is 175 Å². The van der Waals surface area contributed by atoms with Crippen LogP contribution < -0.4 is 26.2 Å². The molecule has 17 aromatic rings. The summed E-state index contributed by atoms with van der Waals surface area (Å²) in [7, 11) is 0. The Hall–Kier alpha value is -12.2. The summed E-state index contributed by atoms with van der Waals surface area (Å²) >= 11 is 0. The summed E-state index contributed by atoms with van der Waals surface area (Å²) in [5.74, 6) is 0. The fraction of sp³-hybridized carbons (Fsp3) is 0.151. The minimum Gasteiger partial charge on any atom is -0.310 e. The number of hydrogen-bond acceptors (Lipinski definition) is 2. The van der Waals surface area contributed by atoms with Gasteiger partial charge in [-0.3, -0.25) is 0 Å². The maximum Gasteiger partial charge on any atom is 0.252 e. The highest BCUT2D eigenvalue weighted by atomic mass is 15.2. The molecule has 0 amide bonds. The van der Waals surface area contributed by atoms with Crippen LogP contribution in [0.4, 0.5) is 34.1 Å². The van der Waals surface area contributed by atoms with Gasteiger partial charge in [-0.25, -0.2) is 0 Å². The topological polar surface area (TPSA) is 10.9 Å². The van der Waals surface area contributed by atoms with Gasteiger partial charge in [-0.1, -0.05) is 362 Å². The Labute approximate surface area is 655 Å². The third-order valence-corrected chi connectivity index (χ3v) is 23.4. The van der Waals surface area contributed by atoms with E-state index in [9.17, 15) is 5.48 Å². The maximum atomic E-state index is 9.89. The summed E-state index contributed by atoms with van der Waals surface area (Å²) in [5, 5.41) is 8.76. The van der Waals surface area contributed by atoms with Crippen molar-refractivity contribution >= 4 is 117 Å². The number of aromatic nitrogens is 1. The first kappa shape index (κ1) is 62.8. The average molecular weight is 1420 g/mol. The van der Waals surface area contributed by atoms with Crippen molar-refractivity contribution in [2.75, 3.05) is 9.80 Å². The predicted molar refractivity (Wildman–Crippen MR) is 475 cm³/mol. The highest BCUT2D eigenvalue weighted by Gasteiger charge is 2.47. The first-order valence-corrected chi connectivity index (χ1v) is 38.8. The Kier molecular flexibility index (Phi) is 14.7. The minimum absolute atomic E-state index is 0.131. The molecule has 110 heavy (non-hydrogen) atoms. The van der Waals surface area contributed by atoms with E-state index in [2.05, 4.69) is 388 Å². The standard InChI is InChI=1S/C106H90BN3/c1-103(2,3)75-57-74(58-76(61-75)104(4,5)6)73-54-56-90-93(60-73)109(100-86(68-37-20-14-21-38-68)62-77(105(7,8)9)63-87(100)69-39-22-15-23-40-69)96-66-95-97(85-51-34-50-84-82-48-31-29-46-80(82)79-45-28-30-47-81(79)83-49-32-33-52-92(83)108(95)99(84)85)102-98(96)107(90)91-55-53-72(67-35-18-13-19-36-67)59-94(91)110(102)101-88(70-41-24-16-25-42-70)64-78(106(10,11)12)65-89(101)71-43-26-17-27-44-71/h13-66H,1-12H3/i13D,18D,19D,35D,36D. The van der Waals surface area contributed by atoms with Crippen molar-refractivity contribution in [2.24, 2.45) is 0 Å². The van der Waals surface area contributed by atoms with Crippen molar-refractivity contribution in [3.05, 3.63) is 350 Å². The van der Waals surface area contributed by atoms with Crippen molar-refractivity contribution in [2.45, 2.75) is 105 Å². The molecule has 2 aromatic heterocycles. The van der Waals surface area contributed by atoms with E-state index in [0.29, 0.717) is 5.56 Å². The fourth-order valence-corrected chi connectivity index (χ4v) is 17.7. The van der Waals surface area contributed by atoms with Gasteiger partial charge in [0, 0.05) is 60.9 Å². The van der Waals surface area contributed by atoms with Gasteiger partial charge in [-0.2, -0.15) is 0 Å². The molecule has 0 radical (unpaired) electrons. The first-order valence-electron chi connectivity index (χ1n) is 41.3. The van der Waals surface area contributed by atoms with E-state index in [1.807, 2.05) is 6.07 Å². The predicted octanol–water partition coefficient (Wildman–Crippen LogP) is 27.5. The molecule has 532 valence electrons. The molecule has 0 unspecified atom stereocenters. The van der Waals surface area contributed by atoms with Crippen molar-refractivity contribution in [1.82, 2.24) is 4.40 Å². The smallest absolute Gasteiger partial charge is 0.252 e. The number of rotatable bonds is 8. The Morgan fingerprint density at radius 2 is 0.636 bits per heavy atom. The van der Waals surface area contributed by atoms with Crippen LogP contribution in [0.3, 0.4) is 0 Å². The van der Waals surface area contributed by atoms with Gasteiger partial charge in [0.05, 0.1) is 40.5 Å². The second-order valence-electron chi connectivity index (χ2n) is 34.5. The Morgan fingerprint density at radius 1 is 0.264 bits per heavy atom. The summed E-state index contributed by atoms with van der Waals surface area (Å²) in [4.78, 5) is 5.27. The average Bonchev–Trinajstić information content (AvgIpc) is 1.64. The monoisotopic (exact) mass is 1420 g/mol. The molecule has 4 heterocycles. The molecule has 4 heteroatoms. The number of hydrogen-bond donors (Lipinski definition) is 0. The molecule has 3 nitrogen and oxygen atoms in total. The molecule has 0 fully saturated rings. The molecule has 19 rings (SSSR count). The number of benzene rings is 15. The van der Waals surface area contributed by atoms with E-state index < -0.39 is 12.8 Å². The molecule has 15 aromatic carbocycles. The van der Waals surface area contributed by atoms with Crippen molar-refractivity contribution < 1.29 is 6.85 Å². The van der Waals surface area contributed by atoms with Gasteiger partial charge in [-0.15, -0.1) is 0 Å².